The van der Waals surface area contributed by atoms with E-state index in [0.29, 0.717) is 12.1 Å². The molecule has 3 rings (SSSR count). The predicted octanol–water partition coefficient (Wildman–Crippen LogP) is 3.74. The van der Waals surface area contributed by atoms with Gasteiger partial charge in [-0.25, -0.2) is 0 Å². The molecule has 0 unspecified atom stereocenters. The molecule has 0 aliphatic carbocycles. The van der Waals surface area contributed by atoms with Crippen molar-refractivity contribution in [2.75, 3.05) is 13.6 Å². The Hall–Kier alpha value is -3.40. The van der Waals surface area contributed by atoms with E-state index in [1.165, 1.54) is 0 Å². The van der Waals surface area contributed by atoms with Crippen LogP contribution in [0.4, 0.5) is 0 Å². The Balaban J connectivity index is 1.53. The molecule has 4 nitrogen and oxygen atoms in total. The van der Waals surface area contributed by atoms with E-state index >= 15 is 0 Å². The first-order valence-electron chi connectivity index (χ1n) is 8.85. The average molecular weight is 358 g/mol. The minimum Gasteiger partial charge on any atom is -0.343 e. The number of nitrogens with zero attached hydrogens (tertiary/aromatic N) is 1. The summed E-state index contributed by atoms with van der Waals surface area (Å²) in [4.78, 5) is 25.9. The van der Waals surface area contributed by atoms with Crippen molar-refractivity contribution in [1.29, 1.82) is 0 Å². The quantitative estimate of drug-likeness (QED) is 0.730. The third-order valence-corrected chi connectivity index (χ3v) is 4.34. The fraction of sp³-hybridized carbons (Fsp3) is 0.130. The highest BCUT2D eigenvalue weighted by molar-refractivity contribution is 5.96. The Kier molecular flexibility index (Phi) is 6.00. The zero-order valence-corrected chi connectivity index (χ0v) is 15.3. The molecule has 136 valence electrons. The summed E-state index contributed by atoms with van der Waals surface area (Å²) in [5, 5.41) is 2.67. The second-order valence-electron chi connectivity index (χ2n) is 6.36. The van der Waals surface area contributed by atoms with Crippen molar-refractivity contribution < 1.29 is 9.59 Å². The van der Waals surface area contributed by atoms with E-state index < -0.39 is 0 Å². The van der Waals surface area contributed by atoms with Gasteiger partial charge in [0.05, 0.1) is 6.54 Å². The van der Waals surface area contributed by atoms with Gasteiger partial charge in [0.25, 0.3) is 5.91 Å². The Morgan fingerprint density at radius 2 is 1.33 bits per heavy atom. The Morgan fingerprint density at radius 1 is 0.778 bits per heavy atom. The molecular weight excluding hydrogens is 336 g/mol. The van der Waals surface area contributed by atoms with Crippen LogP contribution in [-0.2, 0) is 11.3 Å². The van der Waals surface area contributed by atoms with E-state index in [0.717, 1.165) is 16.7 Å². The molecular formula is C23H22N2O2. The largest absolute Gasteiger partial charge is 0.343 e. The van der Waals surface area contributed by atoms with Gasteiger partial charge in [-0.05, 0) is 28.8 Å². The van der Waals surface area contributed by atoms with Crippen molar-refractivity contribution in [1.82, 2.24) is 10.2 Å². The number of rotatable bonds is 6. The molecule has 0 atom stereocenters. The second kappa shape index (κ2) is 8.81. The molecule has 0 heterocycles. The summed E-state index contributed by atoms with van der Waals surface area (Å²) < 4.78 is 0. The Morgan fingerprint density at radius 3 is 1.96 bits per heavy atom. The standard InChI is InChI=1S/C23H22N2O2/c1-25(22(26)16-24-23(27)21-10-6-3-7-11-21)17-18-12-14-20(15-13-18)19-8-4-2-5-9-19/h2-15H,16-17H2,1H3,(H,24,27). The normalized spacial score (nSPS) is 10.3. The lowest BCUT2D eigenvalue weighted by Gasteiger charge is -2.18. The van der Waals surface area contributed by atoms with Crippen LogP contribution in [-0.4, -0.2) is 30.3 Å². The molecule has 1 N–H and O–H groups in total. The van der Waals surface area contributed by atoms with Gasteiger partial charge in [-0.15, -0.1) is 0 Å². The number of hydrogen-bond donors (Lipinski definition) is 1. The SMILES string of the molecule is CN(Cc1ccc(-c2ccccc2)cc1)C(=O)CNC(=O)c1ccccc1. The topological polar surface area (TPSA) is 49.4 Å². The lowest BCUT2D eigenvalue weighted by atomic mass is 10.0. The van der Waals surface area contributed by atoms with Gasteiger partial charge < -0.3 is 10.2 Å². The van der Waals surface area contributed by atoms with Crippen LogP contribution in [0.25, 0.3) is 11.1 Å². The summed E-state index contributed by atoms with van der Waals surface area (Å²) in [5.41, 5.74) is 3.89. The number of benzene rings is 3. The minimum absolute atomic E-state index is 0.0215. The van der Waals surface area contributed by atoms with Crippen molar-refractivity contribution in [3.8, 4) is 11.1 Å². The van der Waals surface area contributed by atoms with E-state index in [1.807, 2.05) is 36.4 Å². The molecule has 27 heavy (non-hydrogen) atoms. The van der Waals surface area contributed by atoms with Crippen LogP contribution in [0, 0.1) is 0 Å². The maximum Gasteiger partial charge on any atom is 0.251 e. The third kappa shape index (κ3) is 5.05. The lowest BCUT2D eigenvalue weighted by Crippen LogP contribution is -2.37. The number of hydrogen-bond acceptors (Lipinski definition) is 2. The zero-order valence-electron chi connectivity index (χ0n) is 15.3. The van der Waals surface area contributed by atoms with Crippen LogP contribution < -0.4 is 5.32 Å². The van der Waals surface area contributed by atoms with E-state index in [4.69, 9.17) is 0 Å². The maximum atomic E-state index is 12.3. The number of nitrogens with one attached hydrogen (secondary N) is 1. The van der Waals surface area contributed by atoms with Crippen LogP contribution in [0.5, 0.6) is 0 Å². The van der Waals surface area contributed by atoms with Crippen LogP contribution >= 0.6 is 0 Å². The van der Waals surface area contributed by atoms with Crippen LogP contribution in [0.3, 0.4) is 0 Å². The lowest BCUT2D eigenvalue weighted by molar-refractivity contribution is -0.129. The van der Waals surface area contributed by atoms with E-state index in [1.54, 1.807) is 36.2 Å². The number of likely N-dealkylation sites (N-methyl/N-ethyl adjacent to an activating group) is 1. The number of amides is 2. The Labute approximate surface area is 159 Å². The molecule has 3 aromatic carbocycles. The van der Waals surface area contributed by atoms with Gasteiger partial charge in [0.2, 0.25) is 5.91 Å². The van der Waals surface area contributed by atoms with Crippen LogP contribution in [0.1, 0.15) is 15.9 Å². The molecule has 4 heteroatoms. The van der Waals surface area contributed by atoms with E-state index in [9.17, 15) is 9.59 Å². The fourth-order valence-electron chi connectivity index (χ4n) is 2.78. The first-order valence-corrected chi connectivity index (χ1v) is 8.85. The van der Waals surface area contributed by atoms with Gasteiger partial charge >= 0.3 is 0 Å². The molecule has 0 saturated carbocycles. The van der Waals surface area contributed by atoms with Crippen molar-refractivity contribution in [2.45, 2.75) is 6.54 Å². The molecule has 0 saturated heterocycles. The predicted molar refractivity (Wildman–Crippen MR) is 107 cm³/mol. The van der Waals surface area contributed by atoms with Crippen LogP contribution in [0.15, 0.2) is 84.9 Å². The summed E-state index contributed by atoms with van der Waals surface area (Å²) in [7, 11) is 1.74. The second-order valence-corrected chi connectivity index (χ2v) is 6.36. The maximum absolute atomic E-state index is 12.3. The van der Waals surface area contributed by atoms with Gasteiger partial charge in [-0.2, -0.15) is 0 Å². The molecule has 2 amide bonds. The number of carbonyl (C=O) groups is 2. The Bertz CT molecular complexity index is 891. The highest BCUT2D eigenvalue weighted by Crippen LogP contribution is 2.19. The highest BCUT2D eigenvalue weighted by atomic mass is 16.2. The molecule has 0 radical (unpaired) electrons. The summed E-state index contributed by atoms with van der Waals surface area (Å²) in [5.74, 6) is -0.379. The molecule has 0 bridgehead atoms. The molecule has 0 aliphatic rings. The summed E-state index contributed by atoms with van der Waals surface area (Å²) in [6.45, 7) is 0.474. The van der Waals surface area contributed by atoms with Crippen molar-refractivity contribution in [3.63, 3.8) is 0 Å². The third-order valence-electron chi connectivity index (χ3n) is 4.34. The smallest absolute Gasteiger partial charge is 0.251 e. The molecule has 0 aliphatic heterocycles. The summed E-state index contributed by atoms with van der Waals surface area (Å²) in [6.07, 6.45) is 0. The first kappa shape index (κ1) is 18.4. The summed E-state index contributed by atoms with van der Waals surface area (Å²) >= 11 is 0. The van der Waals surface area contributed by atoms with E-state index in [2.05, 4.69) is 29.6 Å². The summed E-state index contributed by atoms with van der Waals surface area (Å²) in [6, 6.07) is 27.2. The van der Waals surface area contributed by atoms with Crippen molar-refractivity contribution in [3.05, 3.63) is 96.1 Å². The van der Waals surface area contributed by atoms with Gasteiger partial charge in [0, 0.05) is 19.2 Å². The monoisotopic (exact) mass is 358 g/mol. The van der Waals surface area contributed by atoms with Gasteiger partial charge in [0.1, 0.15) is 0 Å². The van der Waals surface area contributed by atoms with Crippen molar-refractivity contribution >= 4 is 11.8 Å². The van der Waals surface area contributed by atoms with Crippen LogP contribution in [0.2, 0.25) is 0 Å². The highest BCUT2D eigenvalue weighted by Gasteiger charge is 2.12. The number of carbonyl (C=O) groups excluding carboxylic acids is 2. The molecule has 0 aromatic heterocycles. The van der Waals surface area contributed by atoms with Gasteiger partial charge in [-0.3, -0.25) is 9.59 Å². The molecule has 0 fully saturated rings. The molecule has 0 spiro atoms. The molecule has 3 aromatic rings. The van der Waals surface area contributed by atoms with Crippen molar-refractivity contribution in [2.24, 2.45) is 0 Å². The van der Waals surface area contributed by atoms with Gasteiger partial charge in [0.15, 0.2) is 0 Å². The minimum atomic E-state index is -0.246. The first-order chi connectivity index (χ1) is 13.1. The zero-order chi connectivity index (χ0) is 19.1. The fourth-order valence-corrected chi connectivity index (χ4v) is 2.78. The van der Waals surface area contributed by atoms with Gasteiger partial charge in [-0.1, -0.05) is 72.8 Å². The average Bonchev–Trinajstić information content (AvgIpc) is 2.73. The van der Waals surface area contributed by atoms with E-state index in [-0.39, 0.29) is 18.4 Å².